The molecule has 0 radical (unpaired) electrons. The fourth-order valence-electron chi connectivity index (χ4n) is 3.23. The van der Waals surface area contributed by atoms with E-state index in [1.165, 1.54) is 0 Å². The van der Waals surface area contributed by atoms with Crippen molar-refractivity contribution in [2.45, 2.75) is 57.3 Å². The smallest absolute Gasteiger partial charge is 0.255 e. The predicted octanol–water partition coefficient (Wildman–Crippen LogP) is 5.40. The van der Waals surface area contributed by atoms with Crippen LogP contribution < -0.4 is 4.74 Å². The Kier molecular flexibility index (Phi) is 5.00. The molecule has 20 heavy (non-hydrogen) atoms. The maximum Gasteiger partial charge on any atom is 0.255 e. The molecule has 0 aliphatic heterocycles. The van der Waals surface area contributed by atoms with Gasteiger partial charge in [-0.05, 0) is 36.5 Å². The van der Waals surface area contributed by atoms with Crippen LogP contribution >= 0.6 is 0 Å². The highest BCUT2D eigenvalue weighted by atomic mass is 19.3. The van der Waals surface area contributed by atoms with Crippen LogP contribution in [-0.2, 0) is 0 Å². The summed E-state index contributed by atoms with van der Waals surface area (Å²) in [6.45, 7) is 2.11. The zero-order valence-electron chi connectivity index (χ0n) is 12.4. The summed E-state index contributed by atoms with van der Waals surface area (Å²) in [7, 11) is 1.59. The van der Waals surface area contributed by atoms with Gasteiger partial charge in [-0.25, -0.2) is 8.78 Å². The van der Waals surface area contributed by atoms with Gasteiger partial charge in [-0.1, -0.05) is 38.3 Å². The standard InChI is InChI=1S/C17H24F2O/c1-3-4-5-13-6-11-16(17(18,19)12-13)14-7-9-15(20-2)10-8-14/h7-10,13,16H,3-6,11-12H2,1-2H3. The number of hydrogen-bond donors (Lipinski definition) is 0. The quantitative estimate of drug-likeness (QED) is 0.702. The van der Waals surface area contributed by atoms with Crippen LogP contribution in [0.2, 0.25) is 0 Å². The first kappa shape index (κ1) is 15.3. The van der Waals surface area contributed by atoms with Gasteiger partial charge in [0.05, 0.1) is 7.11 Å². The van der Waals surface area contributed by atoms with E-state index in [2.05, 4.69) is 6.92 Å². The average molecular weight is 282 g/mol. The Balaban J connectivity index is 2.05. The lowest BCUT2D eigenvalue weighted by atomic mass is 9.74. The molecule has 1 aliphatic rings. The second kappa shape index (κ2) is 6.55. The number of hydrogen-bond acceptors (Lipinski definition) is 1. The highest BCUT2D eigenvalue weighted by molar-refractivity contribution is 5.31. The lowest BCUT2D eigenvalue weighted by Crippen LogP contribution is -2.34. The second-order valence-electron chi connectivity index (χ2n) is 5.88. The monoisotopic (exact) mass is 282 g/mol. The molecule has 0 aromatic heterocycles. The highest BCUT2D eigenvalue weighted by Crippen LogP contribution is 2.48. The van der Waals surface area contributed by atoms with Gasteiger partial charge in [-0.2, -0.15) is 0 Å². The van der Waals surface area contributed by atoms with E-state index < -0.39 is 11.8 Å². The van der Waals surface area contributed by atoms with E-state index in [-0.39, 0.29) is 12.3 Å². The van der Waals surface area contributed by atoms with Gasteiger partial charge in [0.1, 0.15) is 5.75 Å². The molecule has 1 fully saturated rings. The van der Waals surface area contributed by atoms with E-state index in [0.29, 0.717) is 12.2 Å². The molecule has 0 amide bonds. The molecule has 2 rings (SSSR count). The zero-order chi connectivity index (χ0) is 14.6. The number of rotatable bonds is 5. The number of benzene rings is 1. The summed E-state index contributed by atoms with van der Waals surface area (Å²) < 4.78 is 33.8. The van der Waals surface area contributed by atoms with Crippen LogP contribution in [0.5, 0.6) is 5.75 Å². The molecular weight excluding hydrogens is 258 g/mol. The maximum atomic E-state index is 14.4. The molecule has 0 saturated heterocycles. The third-order valence-electron chi connectivity index (χ3n) is 4.42. The number of alkyl halides is 2. The molecule has 1 aliphatic carbocycles. The molecule has 1 saturated carbocycles. The summed E-state index contributed by atoms with van der Waals surface area (Å²) in [6, 6.07) is 7.11. The van der Waals surface area contributed by atoms with E-state index in [0.717, 1.165) is 31.2 Å². The van der Waals surface area contributed by atoms with Gasteiger partial charge < -0.3 is 4.74 Å². The van der Waals surface area contributed by atoms with Crippen molar-refractivity contribution < 1.29 is 13.5 Å². The minimum absolute atomic E-state index is 0.0453. The molecule has 0 bridgehead atoms. The first-order chi connectivity index (χ1) is 9.56. The predicted molar refractivity (Wildman–Crippen MR) is 77.5 cm³/mol. The van der Waals surface area contributed by atoms with Crippen molar-refractivity contribution in [3.8, 4) is 5.75 Å². The van der Waals surface area contributed by atoms with Gasteiger partial charge in [0.15, 0.2) is 0 Å². The number of unbranched alkanes of at least 4 members (excludes halogenated alkanes) is 1. The minimum Gasteiger partial charge on any atom is -0.497 e. The summed E-state index contributed by atoms with van der Waals surface area (Å²) in [5, 5.41) is 0. The number of methoxy groups -OCH3 is 1. The summed E-state index contributed by atoms with van der Waals surface area (Å²) in [4.78, 5) is 0. The Morgan fingerprint density at radius 1 is 1.20 bits per heavy atom. The first-order valence-corrected chi connectivity index (χ1v) is 7.58. The lowest BCUT2D eigenvalue weighted by Gasteiger charge is -2.36. The molecule has 2 unspecified atom stereocenters. The van der Waals surface area contributed by atoms with Crippen LogP contribution in [0, 0.1) is 5.92 Å². The fraction of sp³-hybridized carbons (Fsp3) is 0.647. The van der Waals surface area contributed by atoms with Crippen molar-refractivity contribution in [2.75, 3.05) is 7.11 Å². The van der Waals surface area contributed by atoms with Crippen LogP contribution in [0.4, 0.5) is 8.78 Å². The molecular formula is C17H24F2O. The fourth-order valence-corrected chi connectivity index (χ4v) is 3.23. The molecule has 0 spiro atoms. The number of ether oxygens (including phenoxy) is 1. The van der Waals surface area contributed by atoms with Gasteiger partial charge in [0, 0.05) is 12.3 Å². The van der Waals surface area contributed by atoms with Crippen LogP contribution in [0.25, 0.3) is 0 Å². The summed E-state index contributed by atoms with van der Waals surface area (Å²) >= 11 is 0. The van der Waals surface area contributed by atoms with E-state index in [1.807, 2.05) is 0 Å². The van der Waals surface area contributed by atoms with Gasteiger partial charge in [-0.15, -0.1) is 0 Å². The van der Waals surface area contributed by atoms with Crippen LogP contribution in [0.15, 0.2) is 24.3 Å². The molecule has 1 aromatic rings. The minimum atomic E-state index is -2.58. The Bertz CT molecular complexity index is 414. The van der Waals surface area contributed by atoms with Crippen LogP contribution in [-0.4, -0.2) is 13.0 Å². The third kappa shape index (κ3) is 3.50. The normalized spacial score (nSPS) is 25.4. The SMILES string of the molecule is CCCCC1CCC(c2ccc(OC)cc2)C(F)(F)C1. The molecule has 0 N–H and O–H groups in total. The van der Waals surface area contributed by atoms with Crippen molar-refractivity contribution in [3.05, 3.63) is 29.8 Å². The van der Waals surface area contributed by atoms with Gasteiger partial charge in [-0.3, -0.25) is 0 Å². The summed E-state index contributed by atoms with van der Waals surface area (Å²) in [5.74, 6) is -2.30. The molecule has 0 heterocycles. The van der Waals surface area contributed by atoms with Crippen molar-refractivity contribution in [1.29, 1.82) is 0 Å². The molecule has 112 valence electrons. The summed E-state index contributed by atoms with van der Waals surface area (Å²) in [6.07, 6.45) is 4.66. The Hall–Kier alpha value is -1.12. The largest absolute Gasteiger partial charge is 0.497 e. The number of halogens is 2. The molecule has 1 aromatic carbocycles. The van der Waals surface area contributed by atoms with E-state index in [4.69, 9.17) is 4.74 Å². The molecule has 1 nitrogen and oxygen atoms in total. The van der Waals surface area contributed by atoms with Crippen molar-refractivity contribution in [2.24, 2.45) is 5.92 Å². The van der Waals surface area contributed by atoms with E-state index >= 15 is 0 Å². The van der Waals surface area contributed by atoms with Crippen molar-refractivity contribution in [3.63, 3.8) is 0 Å². The Morgan fingerprint density at radius 3 is 2.45 bits per heavy atom. The topological polar surface area (TPSA) is 9.23 Å². The first-order valence-electron chi connectivity index (χ1n) is 7.58. The molecule has 3 heteroatoms. The van der Waals surface area contributed by atoms with E-state index in [1.54, 1.807) is 31.4 Å². The second-order valence-corrected chi connectivity index (χ2v) is 5.88. The van der Waals surface area contributed by atoms with Gasteiger partial charge >= 0.3 is 0 Å². The third-order valence-corrected chi connectivity index (χ3v) is 4.42. The van der Waals surface area contributed by atoms with Gasteiger partial charge in [0.2, 0.25) is 0 Å². The summed E-state index contributed by atoms with van der Waals surface area (Å²) in [5.41, 5.74) is 0.741. The van der Waals surface area contributed by atoms with Crippen molar-refractivity contribution >= 4 is 0 Å². The molecule has 2 atom stereocenters. The Labute approximate surface area is 120 Å². The van der Waals surface area contributed by atoms with Crippen LogP contribution in [0.1, 0.15) is 56.9 Å². The highest BCUT2D eigenvalue weighted by Gasteiger charge is 2.45. The zero-order valence-corrected chi connectivity index (χ0v) is 12.4. The van der Waals surface area contributed by atoms with Crippen molar-refractivity contribution in [1.82, 2.24) is 0 Å². The average Bonchev–Trinajstić information content (AvgIpc) is 2.44. The van der Waals surface area contributed by atoms with Crippen LogP contribution in [0.3, 0.4) is 0 Å². The maximum absolute atomic E-state index is 14.4. The van der Waals surface area contributed by atoms with Gasteiger partial charge in [0.25, 0.3) is 5.92 Å². The van der Waals surface area contributed by atoms with E-state index in [9.17, 15) is 8.78 Å². The lowest BCUT2D eigenvalue weighted by molar-refractivity contribution is -0.0737. The Morgan fingerprint density at radius 2 is 1.90 bits per heavy atom.